The number of pyridine rings is 1. The van der Waals surface area contributed by atoms with Gasteiger partial charge in [0.25, 0.3) is 0 Å². The summed E-state index contributed by atoms with van der Waals surface area (Å²) in [6, 6.07) is 4.45. The van der Waals surface area contributed by atoms with Gasteiger partial charge < -0.3 is 9.64 Å². The van der Waals surface area contributed by atoms with Gasteiger partial charge in [0, 0.05) is 24.7 Å². The maximum atomic E-state index is 5.19. The normalized spacial score (nSPS) is 20.7. The Kier molecular flexibility index (Phi) is 2.91. The van der Waals surface area contributed by atoms with Crippen molar-refractivity contribution in [2.45, 2.75) is 25.3 Å². The van der Waals surface area contributed by atoms with E-state index in [4.69, 9.17) is 4.74 Å². The van der Waals surface area contributed by atoms with Crippen molar-refractivity contribution in [3.8, 4) is 5.75 Å². The molecule has 1 aliphatic rings. The third-order valence-electron chi connectivity index (χ3n) is 3.78. The van der Waals surface area contributed by atoms with E-state index in [0.717, 1.165) is 23.6 Å². The minimum atomic E-state index is 0.597. The van der Waals surface area contributed by atoms with Crippen LogP contribution in [0.1, 0.15) is 18.7 Å². The highest BCUT2D eigenvalue weighted by Crippen LogP contribution is 2.20. The standard InChI is InChI=1S/C13H18N4O/c1-16-6-3-4-10(16)8-12-14-15-13-9-11(18-2)5-7-17(12)13/h5,7,9-10H,3-4,6,8H2,1-2H3. The molecule has 18 heavy (non-hydrogen) atoms. The summed E-state index contributed by atoms with van der Waals surface area (Å²) in [7, 11) is 3.85. The van der Waals surface area contributed by atoms with Crippen LogP contribution in [0.2, 0.25) is 0 Å². The summed E-state index contributed by atoms with van der Waals surface area (Å²) < 4.78 is 7.24. The van der Waals surface area contributed by atoms with Crippen LogP contribution in [0.3, 0.4) is 0 Å². The average Bonchev–Trinajstić information content (AvgIpc) is 2.97. The minimum Gasteiger partial charge on any atom is -0.497 e. The number of hydrogen-bond acceptors (Lipinski definition) is 4. The predicted octanol–water partition coefficient (Wildman–Crippen LogP) is 1.37. The highest BCUT2D eigenvalue weighted by atomic mass is 16.5. The van der Waals surface area contributed by atoms with E-state index in [2.05, 4.69) is 26.5 Å². The molecule has 1 fully saturated rings. The molecule has 96 valence electrons. The molecule has 2 aromatic rings. The van der Waals surface area contributed by atoms with Gasteiger partial charge in [-0.05, 0) is 32.5 Å². The largest absolute Gasteiger partial charge is 0.497 e. The molecule has 1 aliphatic heterocycles. The highest BCUT2D eigenvalue weighted by Gasteiger charge is 2.23. The second kappa shape index (κ2) is 4.57. The van der Waals surface area contributed by atoms with Gasteiger partial charge in [0.15, 0.2) is 5.65 Å². The molecule has 5 nitrogen and oxygen atoms in total. The van der Waals surface area contributed by atoms with Crippen molar-refractivity contribution in [1.82, 2.24) is 19.5 Å². The Balaban J connectivity index is 1.88. The zero-order valence-electron chi connectivity index (χ0n) is 10.8. The summed E-state index contributed by atoms with van der Waals surface area (Å²) in [4.78, 5) is 2.41. The van der Waals surface area contributed by atoms with Crippen LogP contribution in [0.5, 0.6) is 5.75 Å². The third kappa shape index (κ3) is 1.95. The van der Waals surface area contributed by atoms with Gasteiger partial charge in [-0.3, -0.25) is 4.40 Å². The van der Waals surface area contributed by atoms with E-state index < -0.39 is 0 Å². The van der Waals surface area contributed by atoms with Gasteiger partial charge in [-0.15, -0.1) is 10.2 Å². The Hall–Kier alpha value is -1.62. The van der Waals surface area contributed by atoms with Crippen molar-refractivity contribution in [2.75, 3.05) is 20.7 Å². The fourth-order valence-electron chi connectivity index (χ4n) is 2.64. The molecule has 1 unspecified atom stereocenters. The first kappa shape index (κ1) is 11.5. The minimum absolute atomic E-state index is 0.597. The second-order valence-corrected chi connectivity index (χ2v) is 4.89. The highest BCUT2D eigenvalue weighted by molar-refractivity contribution is 5.44. The zero-order chi connectivity index (χ0) is 12.5. The summed E-state index contributed by atoms with van der Waals surface area (Å²) in [5.41, 5.74) is 0.852. The fraction of sp³-hybridized carbons (Fsp3) is 0.538. The molecule has 3 heterocycles. The Morgan fingerprint density at radius 2 is 2.33 bits per heavy atom. The van der Waals surface area contributed by atoms with Gasteiger partial charge in [0.05, 0.1) is 7.11 Å². The summed E-state index contributed by atoms with van der Waals surface area (Å²) >= 11 is 0. The van der Waals surface area contributed by atoms with Gasteiger partial charge in [-0.1, -0.05) is 0 Å². The second-order valence-electron chi connectivity index (χ2n) is 4.89. The van der Waals surface area contributed by atoms with Crippen molar-refractivity contribution in [3.05, 3.63) is 24.2 Å². The number of hydrogen-bond donors (Lipinski definition) is 0. The first-order chi connectivity index (χ1) is 8.78. The molecule has 0 amide bonds. The van der Waals surface area contributed by atoms with E-state index in [0.29, 0.717) is 6.04 Å². The Morgan fingerprint density at radius 1 is 1.44 bits per heavy atom. The number of aromatic nitrogens is 3. The van der Waals surface area contributed by atoms with Gasteiger partial charge in [-0.2, -0.15) is 0 Å². The molecule has 2 aromatic heterocycles. The van der Waals surface area contributed by atoms with E-state index in [1.165, 1.54) is 19.4 Å². The number of rotatable bonds is 3. The number of ether oxygens (including phenoxy) is 1. The van der Waals surface area contributed by atoms with Crippen LogP contribution in [0.15, 0.2) is 18.3 Å². The molecule has 0 aromatic carbocycles. The fourth-order valence-corrected chi connectivity index (χ4v) is 2.64. The number of nitrogens with zero attached hydrogens (tertiary/aromatic N) is 4. The molecule has 0 N–H and O–H groups in total. The van der Waals surface area contributed by atoms with Crippen LogP contribution in [0.4, 0.5) is 0 Å². The molecule has 0 bridgehead atoms. The third-order valence-corrected chi connectivity index (χ3v) is 3.78. The Labute approximate surface area is 106 Å². The van der Waals surface area contributed by atoms with E-state index >= 15 is 0 Å². The summed E-state index contributed by atoms with van der Waals surface area (Å²) in [6.07, 6.45) is 5.48. The van der Waals surface area contributed by atoms with Crippen LogP contribution in [-0.2, 0) is 6.42 Å². The maximum absolute atomic E-state index is 5.19. The van der Waals surface area contributed by atoms with Crippen molar-refractivity contribution < 1.29 is 4.74 Å². The molecular formula is C13H18N4O. The van der Waals surface area contributed by atoms with Crippen LogP contribution in [0, 0.1) is 0 Å². The number of likely N-dealkylation sites (N-methyl/N-ethyl adjacent to an activating group) is 1. The van der Waals surface area contributed by atoms with Gasteiger partial charge in [0.2, 0.25) is 0 Å². The lowest BCUT2D eigenvalue weighted by atomic mass is 10.1. The Bertz CT molecular complexity index is 551. The molecule has 3 rings (SSSR count). The molecule has 0 radical (unpaired) electrons. The van der Waals surface area contributed by atoms with Crippen LogP contribution in [-0.4, -0.2) is 46.2 Å². The van der Waals surface area contributed by atoms with E-state index in [9.17, 15) is 0 Å². The summed E-state index contributed by atoms with van der Waals surface area (Å²) in [5.74, 6) is 1.85. The van der Waals surface area contributed by atoms with Crippen molar-refractivity contribution in [3.63, 3.8) is 0 Å². The topological polar surface area (TPSA) is 42.7 Å². The van der Waals surface area contributed by atoms with E-state index in [-0.39, 0.29) is 0 Å². The van der Waals surface area contributed by atoms with Crippen LogP contribution >= 0.6 is 0 Å². The maximum Gasteiger partial charge on any atom is 0.164 e. The molecular weight excluding hydrogens is 228 g/mol. The van der Waals surface area contributed by atoms with Gasteiger partial charge in [0.1, 0.15) is 11.6 Å². The molecule has 1 atom stereocenters. The lowest BCUT2D eigenvalue weighted by Crippen LogP contribution is -2.27. The molecule has 5 heteroatoms. The van der Waals surface area contributed by atoms with Gasteiger partial charge in [-0.25, -0.2) is 0 Å². The summed E-state index contributed by atoms with van der Waals surface area (Å²) in [5, 5.41) is 8.51. The SMILES string of the molecule is COc1ccn2c(CC3CCCN3C)nnc2c1. The number of methoxy groups -OCH3 is 1. The average molecular weight is 246 g/mol. The lowest BCUT2D eigenvalue weighted by Gasteiger charge is -2.18. The number of likely N-dealkylation sites (tertiary alicyclic amines) is 1. The van der Waals surface area contributed by atoms with Crippen LogP contribution in [0.25, 0.3) is 5.65 Å². The smallest absolute Gasteiger partial charge is 0.164 e. The first-order valence-corrected chi connectivity index (χ1v) is 6.36. The Morgan fingerprint density at radius 3 is 3.06 bits per heavy atom. The first-order valence-electron chi connectivity index (χ1n) is 6.36. The monoisotopic (exact) mass is 246 g/mol. The molecule has 0 aliphatic carbocycles. The zero-order valence-corrected chi connectivity index (χ0v) is 10.8. The predicted molar refractivity (Wildman–Crippen MR) is 68.9 cm³/mol. The van der Waals surface area contributed by atoms with Gasteiger partial charge >= 0.3 is 0 Å². The van der Waals surface area contributed by atoms with E-state index in [1.807, 2.05) is 18.3 Å². The molecule has 0 saturated carbocycles. The number of fused-ring (bicyclic) bond motifs is 1. The quantitative estimate of drug-likeness (QED) is 0.820. The summed E-state index contributed by atoms with van der Waals surface area (Å²) in [6.45, 7) is 1.19. The van der Waals surface area contributed by atoms with Crippen molar-refractivity contribution in [1.29, 1.82) is 0 Å². The molecule has 1 saturated heterocycles. The molecule has 0 spiro atoms. The van der Waals surface area contributed by atoms with Crippen LogP contribution < -0.4 is 4.74 Å². The van der Waals surface area contributed by atoms with E-state index in [1.54, 1.807) is 7.11 Å². The van der Waals surface area contributed by atoms with Crippen molar-refractivity contribution in [2.24, 2.45) is 0 Å². The van der Waals surface area contributed by atoms with Crippen molar-refractivity contribution >= 4 is 5.65 Å². The lowest BCUT2D eigenvalue weighted by molar-refractivity contribution is 0.305.